The van der Waals surface area contributed by atoms with Crippen LogP contribution < -0.4 is 0 Å². The van der Waals surface area contributed by atoms with Gasteiger partial charge in [-0.3, -0.25) is 0 Å². The maximum Gasteiger partial charge on any atom is 0.417 e. The molecule has 0 aliphatic rings. The van der Waals surface area contributed by atoms with Crippen LogP contribution in [0.15, 0.2) is 36.4 Å². The summed E-state index contributed by atoms with van der Waals surface area (Å²) >= 11 is 0. The molecule has 0 radical (unpaired) electrons. The smallest absolute Gasteiger partial charge is 0.206 e. The molecule has 21 heavy (non-hydrogen) atoms. The molecule has 0 N–H and O–H groups in total. The molecule has 0 unspecified atom stereocenters. The number of hydrogen-bond donors (Lipinski definition) is 0. The lowest BCUT2D eigenvalue weighted by atomic mass is 9.98. The van der Waals surface area contributed by atoms with Crippen molar-refractivity contribution in [3.63, 3.8) is 0 Å². The molecule has 6 heteroatoms. The summed E-state index contributed by atoms with van der Waals surface area (Å²) in [5.74, 6) is -0.745. The van der Waals surface area contributed by atoms with Crippen molar-refractivity contribution in [2.24, 2.45) is 0 Å². The van der Waals surface area contributed by atoms with E-state index in [4.69, 9.17) is 10.5 Å². The number of halogens is 4. The van der Waals surface area contributed by atoms with Crippen LogP contribution >= 0.6 is 0 Å². The van der Waals surface area contributed by atoms with Crippen LogP contribution in [0.5, 0.6) is 0 Å². The van der Waals surface area contributed by atoms with Gasteiger partial charge in [-0.2, -0.15) is 23.7 Å². The molecule has 0 aromatic heterocycles. The first-order valence-electron chi connectivity index (χ1n) is 5.68. The number of benzene rings is 2. The van der Waals surface area contributed by atoms with Crippen molar-refractivity contribution in [1.82, 2.24) is 0 Å². The third kappa shape index (κ3) is 2.85. The van der Waals surface area contributed by atoms with Crippen LogP contribution in [0.4, 0.5) is 17.6 Å². The van der Waals surface area contributed by atoms with Gasteiger partial charge in [0.2, 0.25) is 0 Å². The third-order valence-electron chi connectivity index (χ3n) is 2.87. The van der Waals surface area contributed by atoms with Gasteiger partial charge in [0.1, 0.15) is 11.9 Å². The Labute approximate surface area is 117 Å². The quantitative estimate of drug-likeness (QED) is 0.737. The molecule has 0 saturated heterocycles. The lowest BCUT2D eigenvalue weighted by Crippen LogP contribution is -2.08. The summed E-state index contributed by atoms with van der Waals surface area (Å²) in [4.78, 5) is 0. The lowest BCUT2D eigenvalue weighted by molar-refractivity contribution is -0.137. The predicted molar refractivity (Wildman–Crippen MR) is 66.3 cm³/mol. The summed E-state index contributed by atoms with van der Waals surface area (Å²) in [5.41, 5.74) is -1.40. The average molecular weight is 290 g/mol. The Bertz CT molecular complexity index is 780. The van der Waals surface area contributed by atoms with Gasteiger partial charge in [0.05, 0.1) is 22.8 Å². The van der Waals surface area contributed by atoms with E-state index in [0.29, 0.717) is 0 Å². The number of alkyl halides is 3. The highest BCUT2D eigenvalue weighted by molar-refractivity contribution is 5.67. The second-order valence-corrected chi connectivity index (χ2v) is 4.18. The number of rotatable bonds is 1. The average Bonchev–Trinajstić information content (AvgIpc) is 2.46. The Morgan fingerprint density at radius 3 is 1.95 bits per heavy atom. The van der Waals surface area contributed by atoms with Crippen molar-refractivity contribution in [3.8, 4) is 23.3 Å². The Balaban J connectivity index is 2.62. The van der Waals surface area contributed by atoms with Gasteiger partial charge in [0, 0.05) is 0 Å². The largest absolute Gasteiger partial charge is 0.417 e. The topological polar surface area (TPSA) is 47.6 Å². The molecule has 0 heterocycles. The molecule has 0 fully saturated rings. The molecule has 2 rings (SSSR count). The number of nitrogens with zero attached hydrogens (tertiary/aromatic N) is 2. The second-order valence-electron chi connectivity index (χ2n) is 4.18. The van der Waals surface area contributed by atoms with Crippen LogP contribution in [-0.2, 0) is 6.18 Å². The van der Waals surface area contributed by atoms with Gasteiger partial charge >= 0.3 is 6.18 Å². The minimum Gasteiger partial charge on any atom is -0.206 e. The zero-order chi connectivity index (χ0) is 15.6. The number of nitriles is 2. The molecule has 2 nitrogen and oxygen atoms in total. The van der Waals surface area contributed by atoms with Gasteiger partial charge in [0.25, 0.3) is 0 Å². The summed E-state index contributed by atoms with van der Waals surface area (Å²) in [6.45, 7) is 0. The second kappa shape index (κ2) is 5.26. The van der Waals surface area contributed by atoms with Gasteiger partial charge < -0.3 is 0 Å². The van der Waals surface area contributed by atoms with E-state index in [9.17, 15) is 17.6 Å². The lowest BCUT2D eigenvalue weighted by Gasteiger charge is -2.11. The molecule has 0 atom stereocenters. The van der Waals surface area contributed by atoms with Crippen LogP contribution in [0.1, 0.15) is 16.7 Å². The highest BCUT2D eigenvalue weighted by Crippen LogP contribution is 2.35. The zero-order valence-electron chi connectivity index (χ0n) is 10.4. The van der Waals surface area contributed by atoms with Crippen molar-refractivity contribution >= 4 is 0 Å². The Morgan fingerprint density at radius 1 is 0.810 bits per heavy atom. The summed E-state index contributed by atoms with van der Waals surface area (Å²) in [7, 11) is 0. The van der Waals surface area contributed by atoms with Crippen molar-refractivity contribution in [2.75, 3.05) is 0 Å². The van der Waals surface area contributed by atoms with Crippen molar-refractivity contribution < 1.29 is 17.6 Å². The summed E-state index contributed by atoms with van der Waals surface area (Å²) in [5, 5.41) is 17.5. The first kappa shape index (κ1) is 14.5. The van der Waals surface area contributed by atoms with E-state index >= 15 is 0 Å². The molecule has 2 aromatic carbocycles. The molecular formula is C15H6F4N2. The molecule has 0 spiro atoms. The molecule has 0 aliphatic heterocycles. The monoisotopic (exact) mass is 290 g/mol. The van der Waals surface area contributed by atoms with Gasteiger partial charge in [-0.1, -0.05) is 12.1 Å². The molecule has 0 amide bonds. The Kier molecular flexibility index (Phi) is 3.64. The Morgan fingerprint density at radius 2 is 1.38 bits per heavy atom. The van der Waals surface area contributed by atoms with Crippen LogP contribution in [0, 0.1) is 28.5 Å². The van der Waals surface area contributed by atoms with Crippen molar-refractivity contribution in [1.29, 1.82) is 10.5 Å². The minimum absolute atomic E-state index is 0.151. The van der Waals surface area contributed by atoms with Gasteiger partial charge in [0.15, 0.2) is 0 Å². The molecule has 0 bridgehead atoms. The van der Waals surface area contributed by atoms with Crippen LogP contribution in [0.3, 0.4) is 0 Å². The maximum atomic E-state index is 13.2. The van der Waals surface area contributed by atoms with Gasteiger partial charge in [-0.15, -0.1) is 0 Å². The third-order valence-corrected chi connectivity index (χ3v) is 2.87. The predicted octanol–water partition coefficient (Wildman–Crippen LogP) is 4.25. The van der Waals surface area contributed by atoms with E-state index in [1.807, 2.05) is 0 Å². The summed E-state index contributed by atoms with van der Waals surface area (Å²) < 4.78 is 51.9. The molecule has 0 saturated carbocycles. The first-order valence-corrected chi connectivity index (χ1v) is 5.68. The molecular weight excluding hydrogens is 284 g/mol. The van der Waals surface area contributed by atoms with E-state index < -0.39 is 23.1 Å². The van der Waals surface area contributed by atoms with E-state index in [2.05, 4.69) is 0 Å². The standard InChI is InChI=1S/C15H6F4N2/c16-14-4-3-9(5-12(14)8-21)10-1-2-11(7-20)13(6-10)15(17,18)19/h1-6H. The fourth-order valence-electron chi connectivity index (χ4n) is 1.85. The van der Waals surface area contributed by atoms with E-state index in [1.165, 1.54) is 18.2 Å². The van der Waals surface area contributed by atoms with Crippen molar-refractivity contribution in [3.05, 3.63) is 58.9 Å². The van der Waals surface area contributed by atoms with Crippen LogP contribution in [0.25, 0.3) is 11.1 Å². The zero-order valence-corrected chi connectivity index (χ0v) is 10.4. The van der Waals surface area contributed by atoms with Crippen molar-refractivity contribution in [2.45, 2.75) is 6.18 Å². The molecule has 0 aliphatic carbocycles. The van der Waals surface area contributed by atoms with E-state index in [-0.39, 0.29) is 16.7 Å². The maximum absolute atomic E-state index is 13.2. The minimum atomic E-state index is -4.67. The first-order chi connectivity index (χ1) is 9.86. The fourth-order valence-corrected chi connectivity index (χ4v) is 1.85. The SMILES string of the molecule is N#Cc1cc(-c2ccc(C#N)c(C(F)(F)F)c2)ccc1F. The van der Waals surface area contributed by atoms with Crippen LogP contribution in [0.2, 0.25) is 0 Å². The Hall–Kier alpha value is -2.86. The van der Waals surface area contributed by atoms with Gasteiger partial charge in [-0.05, 0) is 35.4 Å². The highest BCUT2D eigenvalue weighted by atomic mass is 19.4. The fraction of sp³-hybridized carbons (Fsp3) is 0.0667. The van der Waals surface area contributed by atoms with E-state index in [1.54, 1.807) is 6.07 Å². The molecule has 104 valence electrons. The molecule has 2 aromatic rings. The van der Waals surface area contributed by atoms with Crippen LogP contribution in [-0.4, -0.2) is 0 Å². The normalized spacial score (nSPS) is 10.8. The van der Waals surface area contributed by atoms with Gasteiger partial charge in [-0.25, -0.2) is 4.39 Å². The summed E-state index contributed by atoms with van der Waals surface area (Å²) in [6, 6.07) is 9.74. The summed E-state index contributed by atoms with van der Waals surface area (Å²) in [6.07, 6.45) is -4.67. The number of hydrogen-bond acceptors (Lipinski definition) is 2. The van der Waals surface area contributed by atoms with E-state index in [0.717, 1.165) is 24.3 Å². The highest BCUT2D eigenvalue weighted by Gasteiger charge is 2.33.